The van der Waals surface area contributed by atoms with Gasteiger partial charge >= 0.3 is 0 Å². The molecule has 0 radical (unpaired) electrons. The third-order valence-electron chi connectivity index (χ3n) is 3.34. The van der Waals surface area contributed by atoms with Crippen molar-refractivity contribution in [2.45, 2.75) is 19.8 Å². The van der Waals surface area contributed by atoms with Crippen LogP contribution < -0.4 is 4.90 Å². The largest absolute Gasteiger partial charge is 0.369 e. The SMILES string of the molecule is CCCc1ccc(N2CCN(C)CC2)cc1. The number of nitrogens with zero attached hydrogens (tertiary/aromatic N) is 2. The van der Waals surface area contributed by atoms with E-state index in [1.165, 1.54) is 37.2 Å². The van der Waals surface area contributed by atoms with E-state index in [1.54, 1.807) is 0 Å². The number of anilines is 1. The predicted octanol–water partition coefficient (Wildman–Crippen LogP) is 2.39. The average molecular weight is 218 g/mol. The second-order valence-electron chi connectivity index (χ2n) is 4.71. The maximum absolute atomic E-state index is 2.48. The fourth-order valence-corrected chi connectivity index (χ4v) is 2.23. The third-order valence-corrected chi connectivity index (χ3v) is 3.34. The van der Waals surface area contributed by atoms with Crippen molar-refractivity contribution in [3.63, 3.8) is 0 Å². The smallest absolute Gasteiger partial charge is 0.0367 e. The average Bonchev–Trinajstić information content (AvgIpc) is 2.32. The fraction of sp³-hybridized carbons (Fsp3) is 0.571. The topological polar surface area (TPSA) is 6.48 Å². The molecule has 0 bridgehead atoms. The minimum absolute atomic E-state index is 1.16. The Bertz CT molecular complexity index is 310. The third kappa shape index (κ3) is 2.76. The van der Waals surface area contributed by atoms with Crippen LogP contribution in [0, 0.1) is 0 Å². The maximum Gasteiger partial charge on any atom is 0.0367 e. The van der Waals surface area contributed by atoms with Crippen molar-refractivity contribution < 1.29 is 0 Å². The van der Waals surface area contributed by atoms with Crippen LogP contribution in [-0.4, -0.2) is 38.1 Å². The summed E-state index contributed by atoms with van der Waals surface area (Å²) in [7, 11) is 2.20. The quantitative estimate of drug-likeness (QED) is 0.768. The monoisotopic (exact) mass is 218 g/mol. The molecule has 0 aliphatic carbocycles. The predicted molar refractivity (Wildman–Crippen MR) is 70.1 cm³/mol. The van der Waals surface area contributed by atoms with E-state index < -0.39 is 0 Å². The van der Waals surface area contributed by atoms with Crippen LogP contribution in [0.5, 0.6) is 0 Å². The number of hydrogen-bond donors (Lipinski definition) is 0. The zero-order chi connectivity index (χ0) is 11.4. The van der Waals surface area contributed by atoms with Crippen LogP contribution in [0.3, 0.4) is 0 Å². The van der Waals surface area contributed by atoms with Crippen molar-refractivity contribution in [1.82, 2.24) is 4.90 Å². The van der Waals surface area contributed by atoms with Crippen LogP contribution in [0.4, 0.5) is 5.69 Å². The normalized spacial score (nSPS) is 17.8. The highest BCUT2D eigenvalue weighted by Crippen LogP contribution is 2.17. The van der Waals surface area contributed by atoms with Crippen LogP contribution in [0.1, 0.15) is 18.9 Å². The molecular formula is C14H22N2. The molecule has 1 fully saturated rings. The Kier molecular flexibility index (Phi) is 3.83. The van der Waals surface area contributed by atoms with Gasteiger partial charge in [-0.05, 0) is 31.2 Å². The molecule has 0 atom stereocenters. The highest BCUT2D eigenvalue weighted by atomic mass is 15.2. The standard InChI is InChI=1S/C14H22N2/c1-3-4-13-5-7-14(8-6-13)16-11-9-15(2)10-12-16/h5-8H,3-4,9-12H2,1-2H3. The number of hydrogen-bond acceptors (Lipinski definition) is 2. The van der Waals surface area contributed by atoms with E-state index in [-0.39, 0.29) is 0 Å². The van der Waals surface area contributed by atoms with E-state index in [2.05, 4.69) is 48.0 Å². The molecule has 1 aromatic carbocycles. The van der Waals surface area contributed by atoms with Crippen LogP contribution in [0.25, 0.3) is 0 Å². The first-order chi connectivity index (χ1) is 7.79. The van der Waals surface area contributed by atoms with E-state index in [1.807, 2.05) is 0 Å². The lowest BCUT2D eigenvalue weighted by Crippen LogP contribution is -2.44. The lowest BCUT2D eigenvalue weighted by Gasteiger charge is -2.34. The number of aryl methyl sites for hydroxylation is 1. The Morgan fingerprint density at radius 2 is 1.62 bits per heavy atom. The summed E-state index contributed by atoms with van der Waals surface area (Å²) in [4.78, 5) is 4.87. The first-order valence-corrected chi connectivity index (χ1v) is 6.32. The molecule has 0 saturated carbocycles. The molecule has 1 heterocycles. The van der Waals surface area contributed by atoms with Gasteiger partial charge < -0.3 is 9.80 Å². The van der Waals surface area contributed by atoms with Gasteiger partial charge in [-0.25, -0.2) is 0 Å². The molecule has 0 unspecified atom stereocenters. The van der Waals surface area contributed by atoms with Crippen LogP contribution in [0.15, 0.2) is 24.3 Å². The van der Waals surface area contributed by atoms with Gasteiger partial charge in [0.2, 0.25) is 0 Å². The second kappa shape index (κ2) is 5.35. The van der Waals surface area contributed by atoms with Gasteiger partial charge in [0.1, 0.15) is 0 Å². The maximum atomic E-state index is 2.48. The van der Waals surface area contributed by atoms with E-state index in [9.17, 15) is 0 Å². The van der Waals surface area contributed by atoms with Gasteiger partial charge in [0.15, 0.2) is 0 Å². The summed E-state index contributed by atoms with van der Waals surface area (Å²) in [5.74, 6) is 0. The fourth-order valence-electron chi connectivity index (χ4n) is 2.23. The van der Waals surface area contributed by atoms with Gasteiger partial charge in [0.05, 0.1) is 0 Å². The van der Waals surface area contributed by atoms with Crippen molar-refractivity contribution in [2.75, 3.05) is 38.1 Å². The summed E-state index contributed by atoms with van der Waals surface area (Å²) in [5, 5.41) is 0. The zero-order valence-electron chi connectivity index (χ0n) is 10.4. The summed E-state index contributed by atoms with van der Waals surface area (Å²) in [6.07, 6.45) is 2.43. The van der Waals surface area contributed by atoms with Crippen molar-refractivity contribution >= 4 is 5.69 Å². The minimum Gasteiger partial charge on any atom is -0.369 e. The number of benzene rings is 1. The Hall–Kier alpha value is -1.02. The molecule has 1 aliphatic rings. The lowest BCUT2D eigenvalue weighted by molar-refractivity contribution is 0.313. The Morgan fingerprint density at radius 1 is 1.00 bits per heavy atom. The van der Waals surface area contributed by atoms with Gasteiger partial charge in [-0.2, -0.15) is 0 Å². The van der Waals surface area contributed by atoms with Gasteiger partial charge in [0, 0.05) is 31.9 Å². The molecular weight excluding hydrogens is 196 g/mol. The Labute approximate surface area is 98.9 Å². The summed E-state index contributed by atoms with van der Waals surface area (Å²) >= 11 is 0. The lowest BCUT2D eigenvalue weighted by atomic mass is 10.1. The molecule has 0 spiro atoms. The van der Waals surface area contributed by atoms with E-state index in [0.29, 0.717) is 0 Å². The van der Waals surface area contributed by atoms with Crippen molar-refractivity contribution in [3.05, 3.63) is 29.8 Å². The summed E-state index contributed by atoms with van der Waals surface area (Å²) < 4.78 is 0. The van der Waals surface area contributed by atoms with Gasteiger partial charge in [-0.3, -0.25) is 0 Å². The second-order valence-corrected chi connectivity index (χ2v) is 4.71. The van der Waals surface area contributed by atoms with Crippen LogP contribution in [-0.2, 0) is 6.42 Å². The van der Waals surface area contributed by atoms with Crippen molar-refractivity contribution in [1.29, 1.82) is 0 Å². The van der Waals surface area contributed by atoms with Gasteiger partial charge in [-0.15, -0.1) is 0 Å². The molecule has 88 valence electrons. The highest BCUT2D eigenvalue weighted by Gasteiger charge is 2.13. The first-order valence-electron chi connectivity index (χ1n) is 6.32. The molecule has 1 aromatic rings. The van der Waals surface area contributed by atoms with E-state index in [4.69, 9.17) is 0 Å². The number of piperazine rings is 1. The van der Waals surface area contributed by atoms with Crippen molar-refractivity contribution in [2.24, 2.45) is 0 Å². The molecule has 2 heteroatoms. The molecule has 0 amide bonds. The molecule has 0 N–H and O–H groups in total. The zero-order valence-corrected chi connectivity index (χ0v) is 10.4. The minimum atomic E-state index is 1.16. The number of likely N-dealkylation sites (N-methyl/N-ethyl adjacent to an activating group) is 1. The first kappa shape index (κ1) is 11.5. The molecule has 2 nitrogen and oxygen atoms in total. The molecule has 16 heavy (non-hydrogen) atoms. The number of rotatable bonds is 3. The Balaban J connectivity index is 1.98. The molecule has 2 rings (SSSR count). The molecule has 1 saturated heterocycles. The van der Waals surface area contributed by atoms with E-state index >= 15 is 0 Å². The van der Waals surface area contributed by atoms with E-state index in [0.717, 1.165) is 13.1 Å². The Morgan fingerprint density at radius 3 is 2.19 bits per heavy atom. The molecule has 1 aliphatic heterocycles. The van der Waals surface area contributed by atoms with Crippen LogP contribution >= 0.6 is 0 Å². The highest BCUT2D eigenvalue weighted by molar-refractivity contribution is 5.48. The van der Waals surface area contributed by atoms with Crippen LogP contribution in [0.2, 0.25) is 0 Å². The summed E-state index contributed by atoms with van der Waals surface area (Å²) in [5.41, 5.74) is 2.84. The summed E-state index contributed by atoms with van der Waals surface area (Å²) in [6, 6.07) is 9.10. The summed E-state index contributed by atoms with van der Waals surface area (Å²) in [6.45, 7) is 6.90. The van der Waals surface area contributed by atoms with Gasteiger partial charge in [0.25, 0.3) is 0 Å². The van der Waals surface area contributed by atoms with Crippen molar-refractivity contribution in [3.8, 4) is 0 Å². The molecule has 0 aromatic heterocycles. The van der Waals surface area contributed by atoms with Gasteiger partial charge in [-0.1, -0.05) is 25.5 Å².